The highest BCUT2D eigenvalue weighted by Crippen LogP contribution is 2.30. The van der Waals surface area contributed by atoms with Crippen molar-refractivity contribution in [1.82, 2.24) is 19.7 Å². The molecule has 2 aliphatic rings. The van der Waals surface area contributed by atoms with E-state index in [1.54, 1.807) is 6.20 Å². The molecule has 1 aromatic carbocycles. The molecule has 0 radical (unpaired) electrons. The Balaban J connectivity index is 1.40. The lowest BCUT2D eigenvalue weighted by atomic mass is 10.2. The maximum atomic E-state index is 6.22. The zero-order chi connectivity index (χ0) is 19.6. The van der Waals surface area contributed by atoms with E-state index in [2.05, 4.69) is 37.4 Å². The first-order valence-electron chi connectivity index (χ1n) is 10.00. The van der Waals surface area contributed by atoms with Gasteiger partial charge in [-0.1, -0.05) is 0 Å². The summed E-state index contributed by atoms with van der Waals surface area (Å²) in [6.07, 6.45) is 4.79. The maximum Gasteiger partial charge on any atom is 0.226 e. The molecule has 3 aromatic rings. The molecular weight excluding hydrogens is 392 g/mol. The molecule has 0 spiro atoms. The van der Waals surface area contributed by atoms with E-state index in [1.807, 2.05) is 16.8 Å². The molecule has 1 N–H and O–H groups in total. The zero-order valence-electron chi connectivity index (χ0n) is 16.1. The number of nitrogens with one attached hydrogen (secondary N) is 1. The molecule has 9 heteroatoms. The highest BCUT2D eigenvalue weighted by molar-refractivity contribution is 6.28. The smallest absolute Gasteiger partial charge is 0.226 e. The third-order valence-electron chi connectivity index (χ3n) is 5.36. The van der Waals surface area contributed by atoms with Crippen LogP contribution in [0.3, 0.4) is 0 Å². The molecule has 0 aliphatic carbocycles. The monoisotopic (exact) mass is 414 g/mol. The Kier molecular flexibility index (Phi) is 5.22. The number of rotatable bonds is 4. The van der Waals surface area contributed by atoms with Crippen LogP contribution in [-0.2, 0) is 9.47 Å². The number of nitrogens with zero attached hydrogens (tertiary/aromatic N) is 5. The van der Waals surface area contributed by atoms with Crippen LogP contribution < -0.4 is 10.2 Å². The normalized spacial score (nSPS) is 20.2. The summed E-state index contributed by atoms with van der Waals surface area (Å²) in [6, 6.07) is 8.29. The summed E-state index contributed by atoms with van der Waals surface area (Å²) in [5.41, 5.74) is 2.80. The molecule has 0 saturated carbocycles. The molecule has 152 valence electrons. The summed E-state index contributed by atoms with van der Waals surface area (Å²) in [5, 5.41) is 8.87. The number of fused-ring (bicyclic) bond motifs is 1. The highest BCUT2D eigenvalue weighted by Gasteiger charge is 2.21. The fraction of sp³-hybridized carbons (Fsp3) is 0.450. The van der Waals surface area contributed by atoms with Crippen LogP contribution in [0.4, 0.5) is 17.2 Å². The van der Waals surface area contributed by atoms with Gasteiger partial charge in [-0.2, -0.15) is 15.1 Å². The molecule has 4 heterocycles. The second kappa shape index (κ2) is 8.14. The molecule has 2 saturated heterocycles. The number of ether oxygens (including phenoxy) is 2. The van der Waals surface area contributed by atoms with Crippen LogP contribution in [0.15, 0.2) is 30.5 Å². The molecule has 5 rings (SSSR count). The number of hydrogen-bond donors (Lipinski definition) is 1. The van der Waals surface area contributed by atoms with Gasteiger partial charge >= 0.3 is 0 Å². The Morgan fingerprint density at radius 3 is 2.62 bits per heavy atom. The minimum absolute atomic E-state index is 0.104. The first-order chi connectivity index (χ1) is 14.3. The van der Waals surface area contributed by atoms with Gasteiger partial charge < -0.3 is 19.7 Å². The van der Waals surface area contributed by atoms with E-state index in [0.717, 1.165) is 63.2 Å². The Morgan fingerprint density at radius 2 is 1.86 bits per heavy atom. The van der Waals surface area contributed by atoms with Crippen LogP contribution in [-0.4, -0.2) is 52.7 Å². The molecule has 29 heavy (non-hydrogen) atoms. The van der Waals surface area contributed by atoms with Gasteiger partial charge in [-0.05, 0) is 55.1 Å². The number of aromatic nitrogens is 4. The predicted octanol–water partition coefficient (Wildman–Crippen LogP) is 3.76. The van der Waals surface area contributed by atoms with Gasteiger partial charge in [0.05, 0.1) is 24.8 Å². The second-order valence-corrected chi connectivity index (χ2v) is 7.60. The number of hydrogen-bond acceptors (Lipinski definition) is 7. The van der Waals surface area contributed by atoms with Crippen LogP contribution >= 0.6 is 11.6 Å². The fourth-order valence-electron chi connectivity index (χ4n) is 3.84. The van der Waals surface area contributed by atoms with Crippen LogP contribution in [0.5, 0.6) is 0 Å². The summed E-state index contributed by atoms with van der Waals surface area (Å²) in [6.45, 7) is 4.11. The van der Waals surface area contributed by atoms with Crippen molar-refractivity contribution in [3.05, 3.63) is 35.7 Å². The SMILES string of the molecule is Clc1nc(Nc2ccc(N3CCOCC3)cc2)c2cnn(C3CCCCO3)c2n1. The summed E-state index contributed by atoms with van der Waals surface area (Å²) < 4.78 is 13.1. The van der Waals surface area contributed by atoms with Crippen LogP contribution in [0.2, 0.25) is 5.28 Å². The van der Waals surface area contributed by atoms with Gasteiger partial charge in [0, 0.05) is 31.1 Å². The van der Waals surface area contributed by atoms with Gasteiger partial charge in [0.1, 0.15) is 5.82 Å². The molecule has 2 fully saturated rings. The summed E-state index contributed by atoms with van der Waals surface area (Å²) in [7, 11) is 0. The predicted molar refractivity (Wildman–Crippen MR) is 112 cm³/mol. The zero-order valence-corrected chi connectivity index (χ0v) is 16.8. The Morgan fingerprint density at radius 1 is 1.03 bits per heavy atom. The van der Waals surface area contributed by atoms with Crippen molar-refractivity contribution in [2.75, 3.05) is 43.1 Å². The fourth-order valence-corrected chi connectivity index (χ4v) is 4.00. The lowest BCUT2D eigenvalue weighted by Gasteiger charge is -2.28. The highest BCUT2D eigenvalue weighted by atomic mass is 35.5. The largest absolute Gasteiger partial charge is 0.378 e. The van der Waals surface area contributed by atoms with Crippen molar-refractivity contribution >= 4 is 39.8 Å². The topological polar surface area (TPSA) is 77.3 Å². The first-order valence-corrected chi connectivity index (χ1v) is 10.4. The van der Waals surface area contributed by atoms with Crippen LogP contribution in [0.25, 0.3) is 11.0 Å². The van der Waals surface area contributed by atoms with Gasteiger partial charge in [-0.3, -0.25) is 0 Å². The van der Waals surface area contributed by atoms with Crippen molar-refractivity contribution in [3.63, 3.8) is 0 Å². The van der Waals surface area contributed by atoms with Crippen molar-refractivity contribution in [3.8, 4) is 0 Å². The van der Waals surface area contributed by atoms with E-state index in [0.29, 0.717) is 11.5 Å². The molecular formula is C20H23ClN6O2. The standard InChI is InChI=1S/C20H23ClN6O2/c21-20-24-18(16-13-22-27(19(16)25-20)17-3-1-2-10-29-17)23-14-4-6-15(7-5-14)26-8-11-28-12-9-26/h4-7,13,17H,1-3,8-12H2,(H,23,24,25). The maximum absolute atomic E-state index is 6.22. The van der Waals surface area contributed by atoms with Crippen molar-refractivity contribution in [2.24, 2.45) is 0 Å². The Bertz CT molecular complexity index is 981. The quantitative estimate of drug-likeness (QED) is 0.651. The minimum atomic E-state index is -0.104. The molecule has 1 unspecified atom stereocenters. The third-order valence-corrected chi connectivity index (χ3v) is 5.53. The van der Waals surface area contributed by atoms with E-state index in [1.165, 1.54) is 5.69 Å². The number of morpholine rings is 1. The third kappa shape index (κ3) is 3.88. The summed E-state index contributed by atoms with van der Waals surface area (Å²) in [5.74, 6) is 0.640. The van der Waals surface area contributed by atoms with E-state index in [-0.39, 0.29) is 11.5 Å². The number of benzene rings is 1. The lowest BCUT2D eigenvalue weighted by molar-refractivity contribution is -0.0370. The molecule has 2 aromatic heterocycles. The van der Waals surface area contributed by atoms with Crippen LogP contribution in [0.1, 0.15) is 25.5 Å². The average molecular weight is 415 g/mol. The first kappa shape index (κ1) is 18.6. The molecule has 1 atom stereocenters. The average Bonchev–Trinajstić information content (AvgIpc) is 3.19. The Hall–Kier alpha value is -2.42. The van der Waals surface area contributed by atoms with E-state index >= 15 is 0 Å². The lowest BCUT2D eigenvalue weighted by Crippen LogP contribution is -2.36. The van der Waals surface area contributed by atoms with Gasteiger partial charge in [0.25, 0.3) is 0 Å². The molecule has 8 nitrogen and oxygen atoms in total. The minimum Gasteiger partial charge on any atom is -0.378 e. The number of halogens is 1. The number of anilines is 3. The van der Waals surface area contributed by atoms with E-state index < -0.39 is 0 Å². The summed E-state index contributed by atoms with van der Waals surface area (Å²) >= 11 is 6.22. The van der Waals surface area contributed by atoms with Gasteiger partial charge in [0.2, 0.25) is 5.28 Å². The molecule has 2 aliphatic heterocycles. The summed E-state index contributed by atoms with van der Waals surface area (Å²) in [4.78, 5) is 11.1. The molecule has 0 bridgehead atoms. The van der Waals surface area contributed by atoms with E-state index in [4.69, 9.17) is 21.1 Å². The Labute approximate surface area is 173 Å². The van der Waals surface area contributed by atoms with Crippen molar-refractivity contribution in [1.29, 1.82) is 0 Å². The van der Waals surface area contributed by atoms with Crippen molar-refractivity contribution in [2.45, 2.75) is 25.5 Å². The van der Waals surface area contributed by atoms with Gasteiger partial charge in [-0.15, -0.1) is 0 Å². The second-order valence-electron chi connectivity index (χ2n) is 7.26. The van der Waals surface area contributed by atoms with Gasteiger partial charge in [0.15, 0.2) is 11.9 Å². The van der Waals surface area contributed by atoms with Crippen molar-refractivity contribution < 1.29 is 9.47 Å². The molecule has 0 amide bonds. The van der Waals surface area contributed by atoms with E-state index in [9.17, 15) is 0 Å². The van der Waals surface area contributed by atoms with Crippen LogP contribution in [0, 0.1) is 0 Å². The van der Waals surface area contributed by atoms with Gasteiger partial charge in [-0.25, -0.2) is 4.68 Å².